The largest absolute Gasteiger partial charge is 0.385 e. The highest BCUT2D eigenvalue weighted by molar-refractivity contribution is 7.99. The van der Waals surface area contributed by atoms with Crippen LogP contribution in [0.25, 0.3) is 0 Å². The molecule has 0 radical (unpaired) electrons. The highest BCUT2D eigenvalue weighted by Gasteiger charge is 2.22. The van der Waals surface area contributed by atoms with Crippen molar-refractivity contribution in [2.75, 3.05) is 31.8 Å². The molecule has 1 N–H and O–H groups in total. The Morgan fingerprint density at radius 3 is 2.65 bits per heavy atom. The summed E-state index contributed by atoms with van der Waals surface area (Å²) in [6.45, 7) is 6.56. The SMILES string of the molecule is CCNC(CC1CCSCC1)C(C)CCOC. The van der Waals surface area contributed by atoms with Crippen LogP contribution in [-0.4, -0.2) is 37.8 Å². The summed E-state index contributed by atoms with van der Waals surface area (Å²) in [6.07, 6.45) is 5.38. The van der Waals surface area contributed by atoms with Gasteiger partial charge >= 0.3 is 0 Å². The van der Waals surface area contributed by atoms with Crippen LogP contribution >= 0.6 is 11.8 Å². The normalized spacial score (nSPS) is 21.4. The van der Waals surface area contributed by atoms with Crippen molar-refractivity contribution in [3.05, 3.63) is 0 Å². The lowest BCUT2D eigenvalue weighted by Crippen LogP contribution is -2.37. The van der Waals surface area contributed by atoms with Crippen LogP contribution in [0.4, 0.5) is 0 Å². The van der Waals surface area contributed by atoms with Gasteiger partial charge in [0, 0.05) is 19.8 Å². The van der Waals surface area contributed by atoms with Crippen LogP contribution in [0.3, 0.4) is 0 Å². The predicted octanol–water partition coefficient (Wildman–Crippen LogP) is 3.17. The van der Waals surface area contributed by atoms with E-state index in [0.717, 1.165) is 25.0 Å². The van der Waals surface area contributed by atoms with Gasteiger partial charge < -0.3 is 10.1 Å². The third-order valence-corrected chi connectivity index (χ3v) is 4.91. The molecule has 1 rings (SSSR count). The Labute approximate surface area is 111 Å². The molecule has 0 aliphatic carbocycles. The lowest BCUT2D eigenvalue weighted by atomic mass is 9.87. The van der Waals surface area contributed by atoms with Gasteiger partial charge in [-0.1, -0.05) is 13.8 Å². The molecule has 1 saturated heterocycles. The van der Waals surface area contributed by atoms with Crippen molar-refractivity contribution in [1.29, 1.82) is 0 Å². The second-order valence-corrected chi connectivity index (χ2v) is 6.44. The zero-order chi connectivity index (χ0) is 12.5. The quantitative estimate of drug-likeness (QED) is 0.723. The summed E-state index contributed by atoms with van der Waals surface area (Å²) in [7, 11) is 1.80. The highest BCUT2D eigenvalue weighted by atomic mass is 32.2. The molecule has 0 aromatic carbocycles. The molecule has 1 fully saturated rings. The summed E-state index contributed by atoms with van der Waals surface area (Å²) in [5, 5.41) is 3.68. The summed E-state index contributed by atoms with van der Waals surface area (Å²) in [4.78, 5) is 0. The third kappa shape index (κ3) is 6.12. The minimum atomic E-state index is 0.684. The van der Waals surface area contributed by atoms with Gasteiger partial charge in [-0.2, -0.15) is 11.8 Å². The van der Waals surface area contributed by atoms with Crippen molar-refractivity contribution in [2.24, 2.45) is 11.8 Å². The van der Waals surface area contributed by atoms with Crippen molar-refractivity contribution in [1.82, 2.24) is 5.32 Å². The Kier molecular flexibility index (Phi) is 8.33. The molecule has 2 nitrogen and oxygen atoms in total. The number of rotatable bonds is 8. The van der Waals surface area contributed by atoms with E-state index in [1.54, 1.807) is 7.11 Å². The smallest absolute Gasteiger partial charge is 0.0465 e. The van der Waals surface area contributed by atoms with Gasteiger partial charge in [-0.3, -0.25) is 0 Å². The second-order valence-electron chi connectivity index (χ2n) is 5.21. The maximum atomic E-state index is 5.20. The van der Waals surface area contributed by atoms with Gasteiger partial charge in [0.25, 0.3) is 0 Å². The highest BCUT2D eigenvalue weighted by Crippen LogP contribution is 2.28. The van der Waals surface area contributed by atoms with E-state index in [2.05, 4.69) is 30.9 Å². The first-order chi connectivity index (χ1) is 8.27. The van der Waals surface area contributed by atoms with Crippen LogP contribution in [0.2, 0.25) is 0 Å². The fraction of sp³-hybridized carbons (Fsp3) is 1.00. The van der Waals surface area contributed by atoms with E-state index >= 15 is 0 Å². The molecule has 0 saturated carbocycles. The van der Waals surface area contributed by atoms with Crippen LogP contribution in [0.15, 0.2) is 0 Å². The molecule has 3 heteroatoms. The molecule has 2 atom stereocenters. The predicted molar refractivity (Wildman–Crippen MR) is 77.8 cm³/mol. The summed E-state index contributed by atoms with van der Waals surface area (Å²) < 4.78 is 5.20. The zero-order valence-electron chi connectivity index (χ0n) is 11.7. The lowest BCUT2D eigenvalue weighted by molar-refractivity contribution is 0.164. The summed E-state index contributed by atoms with van der Waals surface area (Å²) >= 11 is 2.12. The van der Waals surface area contributed by atoms with E-state index in [4.69, 9.17) is 4.74 Å². The van der Waals surface area contributed by atoms with E-state index in [9.17, 15) is 0 Å². The van der Waals surface area contributed by atoms with Gasteiger partial charge in [0.15, 0.2) is 0 Å². The maximum Gasteiger partial charge on any atom is 0.0465 e. The number of hydrogen-bond acceptors (Lipinski definition) is 3. The Morgan fingerprint density at radius 1 is 1.35 bits per heavy atom. The first kappa shape index (κ1) is 15.3. The molecule has 0 aromatic heterocycles. The average molecular weight is 259 g/mol. The molecular weight excluding hydrogens is 230 g/mol. The third-order valence-electron chi connectivity index (χ3n) is 3.86. The van der Waals surface area contributed by atoms with Crippen LogP contribution < -0.4 is 5.32 Å². The van der Waals surface area contributed by atoms with E-state index in [0.29, 0.717) is 6.04 Å². The maximum absolute atomic E-state index is 5.20. The summed E-state index contributed by atoms with van der Waals surface area (Å²) in [5.74, 6) is 4.42. The van der Waals surface area contributed by atoms with Crippen molar-refractivity contribution >= 4 is 11.8 Å². The Bertz CT molecular complexity index is 183. The van der Waals surface area contributed by atoms with Crippen molar-refractivity contribution in [2.45, 2.75) is 45.6 Å². The van der Waals surface area contributed by atoms with E-state index < -0.39 is 0 Å². The molecule has 2 unspecified atom stereocenters. The fourth-order valence-corrected chi connectivity index (χ4v) is 3.83. The van der Waals surface area contributed by atoms with Crippen molar-refractivity contribution in [3.8, 4) is 0 Å². The number of hydrogen-bond donors (Lipinski definition) is 1. The molecule has 0 spiro atoms. The molecule has 1 aliphatic rings. The average Bonchev–Trinajstić information content (AvgIpc) is 2.36. The topological polar surface area (TPSA) is 21.3 Å². The van der Waals surface area contributed by atoms with E-state index in [-0.39, 0.29) is 0 Å². The minimum Gasteiger partial charge on any atom is -0.385 e. The lowest BCUT2D eigenvalue weighted by Gasteiger charge is -2.30. The first-order valence-electron chi connectivity index (χ1n) is 7.08. The van der Waals surface area contributed by atoms with Crippen LogP contribution in [0.5, 0.6) is 0 Å². The molecule has 1 aliphatic heterocycles. The zero-order valence-corrected chi connectivity index (χ0v) is 12.5. The van der Waals surface area contributed by atoms with Crippen LogP contribution in [0, 0.1) is 11.8 Å². The van der Waals surface area contributed by atoms with Gasteiger partial charge in [0.05, 0.1) is 0 Å². The summed E-state index contributed by atoms with van der Waals surface area (Å²) in [6, 6.07) is 0.684. The number of ether oxygens (including phenoxy) is 1. The number of thioether (sulfide) groups is 1. The van der Waals surface area contributed by atoms with Gasteiger partial charge in [-0.05, 0) is 55.6 Å². The van der Waals surface area contributed by atoms with Gasteiger partial charge in [0.2, 0.25) is 0 Å². The fourth-order valence-electron chi connectivity index (χ4n) is 2.63. The van der Waals surface area contributed by atoms with Gasteiger partial charge in [0.1, 0.15) is 0 Å². The van der Waals surface area contributed by atoms with Crippen LogP contribution in [-0.2, 0) is 4.74 Å². The number of nitrogens with one attached hydrogen (secondary N) is 1. The summed E-state index contributed by atoms with van der Waals surface area (Å²) in [5.41, 5.74) is 0. The van der Waals surface area contributed by atoms with Crippen molar-refractivity contribution in [3.63, 3.8) is 0 Å². The molecule has 0 amide bonds. The first-order valence-corrected chi connectivity index (χ1v) is 8.23. The Balaban J connectivity index is 2.34. The Morgan fingerprint density at radius 2 is 2.06 bits per heavy atom. The molecule has 17 heavy (non-hydrogen) atoms. The molecule has 0 bridgehead atoms. The molecule has 102 valence electrons. The van der Waals surface area contributed by atoms with Crippen LogP contribution in [0.1, 0.15) is 39.5 Å². The molecule has 1 heterocycles. The van der Waals surface area contributed by atoms with E-state index in [1.165, 1.54) is 37.2 Å². The molecule has 0 aromatic rings. The standard InChI is InChI=1S/C14H29NOS/c1-4-15-14(12(2)5-8-16-3)11-13-6-9-17-10-7-13/h12-15H,4-11H2,1-3H3. The van der Waals surface area contributed by atoms with Gasteiger partial charge in [-0.15, -0.1) is 0 Å². The number of methoxy groups -OCH3 is 1. The van der Waals surface area contributed by atoms with Gasteiger partial charge in [-0.25, -0.2) is 0 Å². The Hall–Kier alpha value is 0.270. The minimum absolute atomic E-state index is 0.684. The van der Waals surface area contributed by atoms with E-state index in [1.807, 2.05) is 0 Å². The molecular formula is C14H29NOS. The monoisotopic (exact) mass is 259 g/mol. The van der Waals surface area contributed by atoms with Crippen molar-refractivity contribution < 1.29 is 4.74 Å². The second kappa shape index (κ2) is 9.23.